The lowest BCUT2D eigenvalue weighted by molar-refractivity contribution is -0.133. The standard InChI is InChI=1S/C23H32BrN3O2/c1-17(2)13-26(15-21-10-7-11-25(21)5)22(28)16-27(14-18(3)4)23(29)19-8-6-9-20(24)12-19/h6-12,17-18H,13-16H2,1-5H3. The summed E-state index contributed by atoms with van der Waals surface area (Å²) in [6.07, 6.45) is 1.98. The summed E-state index contributed by atoms with van der Waals surface area (Å²) in [7, 11) is 1.98. The van der Waals surface area contributed by atoms with Crippen molar-refractivity contribution >= 4 is 27.7 Å². The zero-order valence-electron chi connectivity index (χ0n) is 18.1. The molecule has 0 N–H and O–H groups in total. The highest BCUT2D eigenvalue weighted by Gasteiger charge is 2.24. The van der Waals surface area contributed by atoms with E-state index in [4.69, 9.17) is 0 Å². The second-order valence-electron chi connectivity index (χ2n) is 8.37. The van der Waals surface area contributed by atoms with Gasteiger partial charge in [0.2, 0.25) is 5.91 Å². The largest absolute Gasteiger partial charge is 0.353 e. The number of hydrogen-bond donors (Lipinski definition) is 0. The number of benzene rings is 1. The number of carbonyl (C=O) groups excluding carboxylic acids is 2. The molecule has 0 saturated heterocycles. The van der Waals surface area contributed by atoms with Gasteiger partial charge in [0.1, 0.15) is 6.54 Å². The lowest BCUT2D eigenvalue weighted by Gasteiger charge is -2.30. The molecule has 0 spiro atoms. The molecule has 1 aromatic carbocycles. The summed E-state index contributed by atoms with van der Waals surface area (Å²) in [5, 5.41) is 0. The van der Waals surface area contributed by atoms with Crippen LogP contribution in [-0.2, 0) is 18.4 Å². The summed E-state index contributed by atoms with van der Waals surface area (Å²) in [6, 6.07) is 11.3. The molecule has 1 heterocycles. The summed E-state index contributed by atoms with van der Waals surface area (Å²) in [5.74, 6) is 0.476. The van der Waals surface area contributed by atoms with Crippen molar-refractivity contribution in [3.63, 3.8) is 0 Å². The first-order valence-corrected chi connectivity index (χ1v) is 10.9. The lowest BCUT2D eigenvalue weighted by atomic mass is 10.1. The number of halogens is 1. The number of aromatic nitrogens is 1. The summed E-state index contributed by atoms with van der Waals surface area (Å²) in [6.45, 7) is 10.1. The maximum absolute atomic E-state index is 13.2. The number of carbonyl (C=O) groups is 2. The fourth-order valence-electron chi connectivity index (χ4n) is 3.28. The van der Waals surface area contributed by atoms with Gasteiger partial charge in [-0.25, -0.2) is 0 Å². The molecule has 0 atom stereocenters. The van der Waals surface area contributed by atoms with Gasteiger partial charge in [0.25, 0.3) is 5.91 Å². The molecule has 158 valence electrons. The van der Waals surface area contributed by atoms with Crippen molar-refractivity contribution in [1.29, 1.82) is 0 Å². The molecule has 0 aliphatic carbocycles. The van der Waals surface area contributed by atoms with Gasteiger partial charge >= 0.3 is 0 Å². The molecule has 0 aliphatic rings. The topological polar surface area (TPSA) is 45.6 Å². The van der Waals surface area contributed by atoms with Gasteiger partial charge in [-0.05, 0) is 42.2 Å². The second kappa shape index (κ2) is 10.6. The van der Waals surface area contributed by atoms with E-state index in [9.17, 15) is 9.59 Å². The van der Waals surface area contributed by atoms with Crippen molar-refractivity contribution in [2.45, 2.75) is 34.2 Å². The minimum absolute atomic E-state index is 0.0242. The lowest BCUT2D eigenvalue weighted by Crippen LogP contribution is -2.45. The Morgan fingerprint density at radius 3 is 2.21 bits per heavy atom. The predicted octanol–water partition coefficient (Wildman–Crippen LogP) is 4.57. The Morgan fingerprint density at radius 1 is 1.00 bits per heavy atom. The van der Waals surface area contributed by atoms with Gasteiger partial charge in [-0.1, -0.05) is 49.7 Å². The van der Waals surface area contributed by atoms with Crippen LogP contribution < -0.4 is 0 Å². The molecule has 2 rings (SSSR count). The quantitative estimate of drug-likeness (QED) is 0.548. The molecular formula is C23H32BrN3O2. The summed E-state index contributed by atoms with van der Waals surface area (Å²) >= 11 is 3.42. The third kappa shape index (κ3) is 7.03. The third-order valence-electron chi connectivity index (χ3n) is 4.61. The molecule has 0 radical (unpaired) electrons. The molecule has 0 unspecified atom stereocenters. The molecule has 2 aromatic rings. The zero-order chi connectivity index (χ0) is 21.6. The molecule has 0 aliphatic heterocycles. The van der Waals surface area contributed by atoms with Crippen LogP contribution in [-0.4, -0.2) is 45.8 Å². The normalized spacial score (nSPS) is 11.2. The van der Waals surface area contributed by atoms with Gasteiger partial charge in [0.05, 0.1) is 6.54 Å². The number of nitrogens with zero attached hydrogens (tertiary/aromatic N) is 3. The predicted molar refractivity (Wildman–Crippen MR) is 121 cm³/mol. The van der Waals surface area contributed by atoms with E-state index in [-0.39, 0.29) is 24.3 Å². The van der Waals surface area contributed by atoms with E-state index in [2.05, 4.69) is 43.6 Å². The number of amides is 2. The molecule has 2 amide bonds. The summed E-state index contributed by atoms with van der Waals surface area (Å²) in [5.41, 5.74) is 1.67. The molecule has 29 heavy (non-hydrogen) atoms. The van der Waals surface area contributed by atoms with Crippen molar-refractivity contribution in [1.82, 2.24) is 14.4 Å². The Hall–Kier alpha value is -2.08. The van der Waals surface area contributed by atoms with E-state index in [1.54, 1.807) is 17.0 Å². The average molecular weight is 462 g/mol. The maximum Gasteiger partial charge on any atom is 0.254 e. The summed E-state index contributed by atoms with van der Waals surface area (Å²) in [4.78, 5) is 29.9. The minimum atomic E-state index is -0.114. The Morgan fingerprint density at radius 2 is 1.66 bits per heavy atom. The first-order valence-electron chi connectivity index (χ1n) is 10.1. The van der Waals surface area contributed by atoms with E-state index in [1.165, 1.54) is 0 Å². The van der Waals surface area contributed by atoms with Gasteiger partial charge in [0.15, 0.2) is 0 Å². The van der Waals surface area contributed by atoms with Gasteiger partial charge in [0, 0.05) is 42.1 Å². The van der Waals surface area contributed by atoms with Crippen LogP contribution in [0.25, 0.3) is 0 Å². The molecule has 6 heteroatoms. The van der Waals surface area contributed by atoms with Crippen LogP contribution in [0.15, 0.2) is 47.1 Å². The Balaban J connectivity index is 2.20. The van der Waals surface area contributed by atoms with Crippen molar-refractivity contribution in [2.24, 2.45) is 18.9 Å². The number of hydrogen-bond acceptors (Lipinski definition) is 2. The van der Waals surface area contributed by atoms with E-state index < -0.39 is 0 Å². The minimum Gasteiger partial charge on any atom is -0.353 e. The van der Waals surface area contributed by atoms with Crippen molar-refractivity contribution in [3.8, 4) is 0 Å². The number of aryl methyl sites for hydroxylation is 1. The van der Waals surface area contributed by atoms with Gasteiger partial charge in [-0.3, -0.25) is 9.59 Å². The third-order valence-corrected chi connectivity index (χ3v) is 5.11. The van der Waals surface area contributed by atoms with Crippen molar-refractivity contribution in [2.75, 3.05) is 19.6 Å². The monoisotopic (exact) mass is 461 g/mol. The van der Waals surface area contributed by atoms with Gasteiger partial charge in [-0.2, -0.15) is 0 Å². The molecule has 5 nitrogen and oxygen atoms in total. The SMILES string of the molecule is CC(C)CN(Cc1cccn1C)C(=O)CN(CC(C)C)C(=O)c1cccc(Br)c1. The fraction of sp³-hybridized carbons (Fsp3) is 0.478. The maximum atomic E-state index is 13.2. The first kappa shape index (κ1) is 23.2. The van der Waals surface area contributed by atoms with Crippen LogP contribution >= 0.6 is 15.9 Å². The van der Waals surface area contributed by atoms with Crippen LogP contribution in [0, 0.1) is 11.8 Å². The molecular weight excluding hydrogens is 430 g/mol. The smallest absolute Gasteiger partial charge is 0.254 e. The Labute approximate surface area is 182 Å². The zero-order valence-corrected chi connectivity index (χ0v) is 19.6. The van der Waals surface area contributed by atoms with Crippen molar-refractivity contribution in [3.05, 3.63) is 58.3 Å². The van der Waals surface area contributed by atoms with Crippen molar-refractivity contribution < 1.29 is 9.59 Å². The van der Waals surface area contributed by atoms with Crippen LogP contribution in [0.1, 0.15) is 43.7 Å². The van der Waals surface area contributed by atoms with E-state index in [0.717, 1.165) is 10.2 Å². The first-order chi connectivity index (χ1) is 13.7. The van der Waals surface area contributed by atoms with Gasteiger partial charge in [-0.15, -0.1) is 0 Å². The van der Waals surface area contributed by atoms with E-state index in [0.29, 0.717) is 31.1 Å². The highest BCUT2D eigenvalue weighted by Crippen LogP contribution is 2.16. The Kier molecular flexibility index (Phi) is 8.50. The molecule has 0 saturated carbocycles. The molecule has 1 aromatic heterocycles. The van der Waals surface area contributed by atoms with Gasteiger partial charge < -0.3 is 14.4 Å². The Bertz CT molecular complexity index is 829. The van der Waals surface area contributed by atoms with Crippen LogP contribution in [0.5, 0.6) is 0 Å². The average Bonchev–Trinajstić information content (AvgIpc) is 3.04. The second-order valence-corrected chi connectivity index (χ2v) is 9.28. The highest BCUT2D eigenvalue weighted by atomic mass is 79.9. The van der Waals surface area contributed by atoms with Crippen LogP contribution in [0.4, 0.5) is 0 Å². The molecule has 0 fully saturated rings. The van der Waals surface area contributed by atoms with Crippen LogP contribution in [0.3, 0.4) is 0 Å². The molecule has 0 bridgehead atoms. The van der Waals surface area contributed by atoms with E-state index in [1.807, 2.05) is 47.0 Å². The van der Waals surface area contributed by atoms with Crippen LogP contribution in [0.2, 0.25) is 0 Å². The summed E-state index contributed by atoms with van der Waals surface area (Å²) < 4.78 is 2.88. The van der Waals surface area contributed by atoms with E-state index >= 15 is 0 Å². The number of rotatable bonds is 9. The highest BCUT2D eigenvalue weighted by molar-refractivity contribution is 9.10. The fourth-order valence-corrected chi connectivity index (χ4v) is 3.68.